The first-order chi connectivity index (χ1) is 18.1. The highest BCUT2D eigenvalue weighted by Gasteiger charge is 2.39. The summed E-state index contributed by atoms with van der Waals surface area (Å²) in [6, 6.07) is 25.0. The number of anilines is 3. The zero-order valence-electron chi connectivity index (χ0n) is 20.1. The van der Waals surface area contributed by atoms with Gasteiger partial charge in [0, 0.05) is 11.7 Å². The molecule has 1 aliphatic carbocycles. The lowest BCUT2D eigenvalue weighted by Crippen LogP contribution is -2.17. The molecule has 7 nitrogen and oxygen atoms in total. The Labute approximate surface area is 212 Å². The van der Waals surface area contributed by atoms with Crippen LogP contribution in [0.4, 0.5) is 21.8 Å². The number of para-hydroxylation sites is 1. The lowest BCUT2D eigenvalue weighted by molar-refractivity contribution is 0.530. The SMILES string of the molecule is O=c1nc2n(c3c1c(Nc1ccccc1)nn3Cc1ccc(-c3ccc(F)cc3)cc1)[C@H]1CCC[C@H]1N2. The predicted octanol–water partition coefficient (Wildman–Crippen LogP) is 5.71. The van der Waals surface area contributed by atoms with E-state index in [1.54, 1.807) is 12.1 Å². The zero-order valence-corrected chi connectivity index (χ0v) is 20.1. The van der Waals surface area contributed by atoms with E-state index in [0.29, 0.717) is 29.7 Å². The van der Waals surface area contributed by atoms with Gasteiger partial charge in [-0.05, 0) is 60.2 Å². The second-order valence-electron chi connectivity index (χ2n) is 9.76. The summed E-state index contributed by atoms with van der Waals surface area (Å²) in [5, 5.41) is 12.2. The Morgan fingerprint density at radius 3 is 2.43 bits per heavy atom. The Morgan fingerprint density at radius 1 is 0.946 bits per heavy atom. The van der Waals surface area contributed by atoms with Crippen molar-refractivity contribution in [2.24, 2.45) is 0 Å². The third-order valence-electron chi connectivity index (χ3n) is 7.43. The van der Waals surface area contributed by atoms with E-state index >= 15 is 0 Å². The number of hydrogen-bond acceptors (Lipinski definition) is 5. The largest absolute Gasteiger partial charge is 0.351 e. The molecule has 1 aliphatic heterocycles. The number of nitrogens with one attached hydrogen (secondary N) is 2. The average Bonchev–Trinajstić information content (AvgIpc) is 3.59. The minimum absolute atomic E-state index is 0.248. The number of hydrogen-bond donors (Lipinski definition) is 2. The van der Waals surface area contributed by atoms with Crippen molar-refractivity contribution in [2.75, 3.05) is 10.6 Å². The first-order valence-corrected chi connectivity index (χ1v) is 12.6. The van der Waals surface area contributed by atoms with E-state index < -0.39 is 0 Å². The van der Waals surface area contributed by atoms with Crippen molar-refractivity contribution in [3.8, 4) is 11.1 Å². The molecule has 2 aromatic heterocycles. The molecule has 5 aromatic rings. The van der Waals surface area contributed by atoms with Gasteiger partial charge >= 0.3 is 0 Å². The van der Waals surface area contributed by atoms with Gasteiger partial charge in [0.25, 0.3) is 5.56 Å². The Balaban J connectivity index is 1.32. The van der Waals surface area contributed by atoms with Crippen molar-refractivity contribution in [3.05, 3.63) is 101 Å². The lowest BCUT2D eigenvalue weighted by atomic mass is 10.0. The molecule has 0 radical (unpaired) electrons. The van der Waals surface area contributed by atoms with Gasteiger partial charge in [0.05, 0.1) is 12.6 Å². The van der Waals surface area contributed by atoms with Crippen LogP contribution < -0.4 is 16.2 Å². The molecule has 2 N–H and O–H groups in total. The van der Waals surface area contributed by atoms with E-state index in [2.05, 4.69) is 32.3 Å². The number of aromatic nitrogens is 4. The van der Waals surface area contributed by atoms with Crippen LogP contribution in [0.15, 0.2) is 83.7 Å². The van der Waals surface area contributed by atoms with Crippen molar-refractivity contribution < 1.29 is 4.39 Å². The average molecular weight is 493 g/mol. The Morgan fingerprint density at radius 2 is 1.68 bits per heavy atom. The maximum atomic E-state index is 13.3. The quantitative estimate of drug-likeness (QED) is 0.329. The molecule has 0 saturated heterocycles. The molecule has 37 heavy (non-hydrogen) atoms. The molecule has 184 valence electrons. The standard InChI is InChI=1S/C29H25FN6O/c30-21-15-13-20(14-16-21)19-11-9-18(10-12-19)17-35-28-25(26(34-35)31-22-5-2-1-3-6-22)27(37)33-29-32-23-7-4-8-24(23)36(28)29/h1-3,5-6,9-16,23-24H,4,7-8,17H2,(H,31,34)(H,32,33,37)/t23-,24+/m1/s1. The van der Waals surface area contributed by atoms with E-state index in [4.69, 9.17) is 5.10 Å². The van der Waals surface area contributed by atoms with Gasteiger partial charge in [0.1, 0.15) is 16.9 Å². The summed E-state index contributed by atoms with van der Waals surface area (Å²) in [6.45, 7) is 0.497. The number of nitrogens with zero attached hydrogens (tertiary/aromatic N) is 4. The van der Waals surface area contributed by atoms with Gasteiger partial charge in [-0.25, -0.2) is 9.07 Å². The molecule has 8 heteroatoms. The summed E-state index contributed by atoms with van der Waals surface area (Å²) in [6.07, 6.45) is 3.25. The molecule has 3 aromatic carbocycles. The van der Waals surface area contributed by atoms with Crippen LogP contribution in [0.25, 0.3) is 22.2 Å². The lowest BCUT2D eigenvalue weighted by Gasteiger charge is -2.15. The molecule has 1 fully saturated rings. The van der Waals surface area contributed by atoms with Gasteiger partial charge in [0.2, 0.25) is 5.95 Å². The van der Waals surface area contributed by atoms with E-state index in [0.717, 1.165) is 47.3 Å². The molecule has 0 amide bonds. The molecule has 3 heterocycles. The number of rotatable bonds is 5. The number of fused-ring (bicyclic) bond motifs is 5. The molecule has 1 saturated carbocycles. The Kier molecular flexibility index (Phi) is 5.06. The van der Waals surface area contributed by atoms with Gasteiger partial charge in [0.15, 0.2) is 5.82 Å². The highest BCUT2D eigenvalue weighted by atomic mass is 19.1. The van der Waals surface area contributed by atoms with E-state index in [-0.39, 0.29) is 17.4 Å². The maximum Gasteiger partial charge on any atom is 0.287 e. The third kappa shape index (κ3) is 3.76. The normalized spacial score (nSPS) is 18.0. The molecule has 0 spiro atoms. The monoisotopic (exact) mass is 492 g/mol. The van der Waals surface area contributed by atoms with Gasteiger partial charge in [-0.2, -0.15) is 10.1 Å². The van der Waals surface area contributed by atoms with Crippen LogP contribution in [-0.2, 0) is 6.54 Å². The van der Waals surface area contributed by atoms with Crippen LogP contribution in [0.2, 0.25) is 0 Å². The van der Waals surface area contributed by atoms with Gasteiger partial charge in [-0.3, -0.25) is 9.36 Å². The topological polar surface area (TPSA) is 76.8 Å². The number of halogens is 1. The highest BCUT2D eigenvalue weighted by molar-refractivity contribution is 5.90. The second kappa shape index (κ2) is 8.58. The van der Waals surface area contributed by atoms with E-state index in [1.807, 2.05) is 47.1 Å². The van der Waals surface area contributed by atoms with Crippen LogP contribution in [0.5, 0.6) is 0 Å². The van der Waals surface area contributed by atoms with Crippen molar-refractivity contribution in [3.63, 3.8) is 0 Å². The van der Waals surface area contributed by atoms with Crippen LogP contribution in [-0.4, -0.2) is 25.4 Å². The van der Waals surface area contributed by atoms with Crippen molar-refractivity contribution >= 4 is 28.5 Å². The summed E-state index contributed by atoms with van der Waals surface area (Å²) in [5.41, 5.74) is 4.39. The minimum atomic E-state index is -0.287. The Hall–Kier alpha value is -4.46. The predicted molar refractivity (Wildman–Crippen MR) is 143 cm³/mol. The summed E-state index contributed by atoms with van der Waals surface area (Å²) in [4.78, 5) is 17.7. The third-order valence-corrected chi connectivity index (χ3v) is 7.43. The van der Waals surface area contributed by atoms with Gasteiger partial charge in [-0.1, -0.05) is 54.6 Å². The molecule has 7 rings (SSSR count). The molecule has 0 unspecified atom stereocenters. The van der Waals surface area contributed by atoms with Crippen LogP contribution in [0.3, 0.4) is 0 Å². The fourth-order valence-electron chi connectivity index (χ4n) is 5.67. The van der Waals surface area contributed by atoms with Gasteiger partial charge in [-0.15, -0.1) is 0 Å². The molecular formula is C29H25FN6O. The van der Waals surface area contributed by atoms with Crippen LogP contribution in [0.1, 0.15) is 30.9 Å². The van der Waals surface area contributed by atoms with Gasteiger partial charge < -0.3 is 10.6 Å². The maximum absolute atomic E-state index is 13.3. The van der Waals surface area contributed by atoms with Crippen molar-refractivity contribution in [1.82, 2.24) is 19.3 Å². The summed E-state index contributed by atoms with van der Waals surface area (Å²) >= 11 is 0. The summed E-state index contributed by atoms with van der Waals surface area (Å²) < 4.78 is 17.4. The molecule has 0 bridgehead atoms. The van der Waals surface area contributed by atoms with Crippen LogP contribution >= 0.6 is 0 Å². The Bertz CT molecular complexity index is 1660. The van der Waals surface area contributed by atoms with Crippen molar-refractivity contribution in [2.45, 2.75) is 37.9 Å². The molecule has 2 atom stereocenters. The van der Waals surface area contributed by atoms with Crippen molar-refractivity contribution in [1.29, 1.82) is 0 Å². The fourth-order valence-corrected chi connectivity index (χ4v) is 5.67. The fraction of sp³-hybridized carbons (Fsp3) is 0.207. The number of benzene rings is 3. The molecular weight excluding hydrogens is 467 g/mol. The second-order valence-corrected chi connectivity index (χ2v) is 9.76. The summed E-state index contributed by atoms with van der Waals surface area (Å²) in [7, 11) is 0. The van der Waals surface area contributed by atoms with Crippen LogP contribution in [0, 0.1) is 5.82 Å². The molecule has 2 aliphatic rings. The first kappa shape index (κ1) is 21.8. The highest BCUT2D eigenvalue weighted by Crippen LogP contribution is 2.41. The summed E-state index contributed by atoms with van der Waals surface area (Å²) in [5.74, 6) is 0.895. The smallest absolute Gasteiger partial charge is 0.287 e. The van der Waals surface area contributed by atoms with E-state index in [1.165, 1.54) is 12.1 Å². The van der Waals surface area contributed by atoms with E-state index in [9.17, 15) is 9.18 Å². The zero-order chi connectivity index (χ0) is 24.9. The first-order valence-electron chi connectivity index (χ1n) is 12.6. The minimum Gasteiger partial charge on any atom is -0.351 e.